The number of carboxylic acids is 1. The van der Waals surface area contributed by atoms with Crippen molar-refractivity contribution in [3.63, 3.8) is 0 Å². The molecule has 0 bridgehead atoms. The summed E-state index contributed by atoms with van der Waals surface area (Å²) in [5, 5.41) is 50.6. The van der Waals surface area contributed by atoms with Crippen LogP contribution in [0.25, 0.3) is 11.2 Å². The summed E-state index contributed by atoms with van der Waals surface area (Å²) in [5.41, 5.74) is 31.5. The molecule has 7 atom stereocenters. The summed E-state index contributed by atoms with van der Waals surface area (Å²) in [5.74, 6) is -6.19. The Balaban J connectivity index is 1.73. The molecule has 642 valence electrons. The van der Waals surface area contributed by atoms with E-state index in [2.05, 4.69) is 72.9 Å². The van der Waals surface area contributed by atoms with Gasteiger partial charge in [0.2, 0.25) is 35.5 Å². The number of fused-ring (bicyclic) bond motifs is 1. The first-order valence-electron chi connectivity index (χ1n) is 42.7. The number of amides is 6. The lowest BCUT2D eigenvalue weighted by molar-refractivity contribution is -0.157. The van der Waals surface area contributed by atoms with E-state index < -0.39 is 96.3 Å². The molecule has 30 nitrogen and oxygen atoms in total. The molecule has 6 amide bonds. The Morgan fingerprint density at radius 3 is 1.37 bits per heavy atom. The molecule has 3 rings (SSSR count). The van der Waals surface area contributed by atoms with Gasteiger partial charge in [0.25, 0.3) is 11.9 Å². The summed E-state index contributed by atoms with van der Waals surface area (Å²) in [4.78, 5) is 136. The van der Waals surface area contributed by atoms with Gasteiger partial charge in [-0.2, -0.15) is 26.7 Å². The lowest BCUT2D eigenvalue weighted by atomic mass is 10.0. The van der Waals surface area contributed by atoms with Crippen LogP contribution in [0.2, 0.25) is 0 Å². The van der Waals surface area contributed by atoms with Gasteiger partial charge >= 0.3 is 17.9 Å². The van der Waals surface area contributed by atoms with Crippen molar-refractivity contribution < 1.29 is 67.9 Å². The first-order chi connectivity index (χ1) is 54.7. The highest BCUT2D eigenvalue weighted by Crippen LogP contribution is 2.26. The molecule has 0 saturated heterocycles. The standard InChI is InChI=1S/C82H144N16O14S/c1-4-7-10-12-14-16-18-20-22-24-26-28-30-44-69(100)111-57-62(112-70(101)45-31-29-27-25-23-21-19-17-15-13-11-8-5-2)58-113-59-63(86)75(103)94-68(56-99)79(107)92-64(40-32-36-50-83)76(104)91-66(77(105)90-65(41-33-37-51-84)78(106)93-67(80(108)109)43-34-38-52-85)42-35-39-54-88-74(102)61-48-46-60(47-49-61)55-98-73-71(95-82(98)110)72(87)96-81(97-73)89-53-9-6-3/h46-49,62-68,99H,4-45,50-59,83-86H2,1-3H3,(H,88,102)(H,90,105)(H,91,104)(H,92,107)(H,93,106)(H,94,103)(H,95,110)(H,108,109)(H3,87,89,96,97). The molecule has 7 unspecified atom stereocenters. The number of hydrogen-bond donors (Lipinski definition) is 15. The van der Waals surface area contributed by atoms with Crippen LogP contribution in [0.1, 0.15) is 306 Å². The first-order valence-corrected chi connectivity index (χ1v) is 43.9. The summed E-state index contributed by atoms with van der Waals surface area (Å²) in [6.45, 7) is 7.13. The number of aromatic nitrogens is 4. The van der Waals surface area contributed by atoms with Crippen LogP contribution in [-0.2, 0) is 54.4 Å². The number of carbonyl (C=O) groups excluding carboxylic acids is 8. The zero-order valence-electron chi connectivity index (χ0n) is 68.5. The van der Waals surface area contributed by atoms with Crippen LogP contribution < -0.4 is 65.9 Å². The van der Waals surface area contributed by atoms with Gasteiger partial charge in [0.1, 0.15) is 42.9 Å². The number of aliphatic hydroxyl groups excluding tert-OH is 1. The molecule has 0 saturated carbocycles. The van der Waals surface area contributed by atoms with Crippen molar-refractivity contribution in [2.75, 3.05) is 68.5 Å². The summed E-state index contributed by atoms with van der Waals surface area (Å²) in [7, 11) is 0. The fourth-order valence-corrected chi connectivity index (χ4v) is 14.0. The number of nitrogens with two attached hydrogens (primary N) is 5. The molecule has 0 aliphatic rings. The predicted octanol–water partition coefficient (Wildman–Crippen LogP) is 9.64. The van der Waals surface area contributed by atoms with Crippen molar-refractivity contribution in [2.45, 2.75) is 339 Å². The van der Waals surface area contributed by atoms with Crippen LogP contribution in [0.5, 0.6) is 6.01 Å². The Labute approximate surface area is 676 Å². The minimum atomic E-state index is -1.61. The van der Waals surface area contributed by atoms with Gasteiger partial charge in [0.05, 0.1) is 19.2 Å². The lowest BCUT2D eigenvalue weighted by Gasteiger charge is -2.27. The third-order valence-corrected chi connectivity index (χ3v) is 21.2. The second kappa shape index (κ2) is 62.9. The molecule has 1 aromatic carbocycles. The number of hydrogen-bond acceptors (Lipinski definition) is 23. The second-order valence-corrected chi connectivity index (χ2v) is 31.0. The molecule has 0 radical (unpaired) electrons. The van der Waals surface area contributed by atoms with Crippen molar-refractivity contribution in [3.8, 4) is 6.01 Å². The smallest absolute Gasteiger partial charge is 0.326 e. The van der Waals surface area contributed by atoms with Gasteiger partial charge in [-0.3, -0.25) is 42.9 Å². The number of nitrogen functional groups attached to an aromatic ring is 1. The Morgan fingerprint density at radius 2 is 0.912 bits per heavy atom. The number of nitrogens with zero attached hydrogens (tertiary/aromatic N) is 4. The Kier molecular flexibility index (Phi) is 55.5. The Morgan fingerprint density at radius 1 is 0.487 bits per heavy atom. The lowest BCUT2D eigenvalue weighted by Crippen LogP contribution is -2.59. The van der Waals surface area contributed by atoms with E-state index in [0.29, 0.717) is 87.2 Å². The van der Waals surface area contributed by atoms with Crippen molar-refractivity contribution in [1.29, 1.82) is 0 Å². The molecule has 31 heteroatoms. The van der Waals surface area contributed by atoms with Gasteiger partial charge in [-0.25, -0.2) is 4.79 Å². The van der Waals surface area contributed by atoms with E-state index in [1.165, 1.54) is 132 Å². The van der Waals surface area contributed by atoms with Crippen molar-refractivity contribution in [3.05, 3.63) is 35.4 Å². The van der Waals surface area contributed by atoms with Crippen molar-refractivity contribution in [1.82, 2.24) is 51.4 Å². The van der Waals surface area contributed by atoms with Gasteiger partial charge in [0.15, 0.2) is 17.0 Å². The predicted molar refractivity (Wildman–Crippen MR) is 446 cm³/mol. The molecule has 2 heterocycles. The maximum absolute atomic E-state index is 14.6. The monoisotopic (exact) mass is 1610 g/mol. The van der Waals surface area contributed by atoms with E-state index in [4.69, 9.17) is 38.1 Å². The van der Waals surface area contributed by atoms with Crippen LogP contribution in [0.3, 0.4) is 0 Å². The van der Waals surface area contributed by atoms with E-state index >= 15 is 0 Å². The van der Waals surface area contributed by atoms with Crippen LogP contribution >= 0.6 is 11.8 Å². The number of thioether (sulfide) groups is 1. The normalized spacial score (nSPS) is 13.2. The van der Waals surface area contributed by atoms with E-state index in [-0.39, 0.29) is 119 Å². The number of ether oxygens (including phenoxy) is 2. The molecule has 0 aliphatic heterocycles. The van der Waals surface area contributed by atoms with Gasteiger partial charge in [-0.05, 0) is 134 Å². The number of aromatic hydroxyl groups is 1. The number of nitrogens with one attached hydrogen (secondary N) is 7. The van der Waals surface area contributed by atoms with Crippen LogP contribution in [0.15, 0.2) is 24.3 Å². The molecule has 2 aromatic heterocycles. The summed E-state index contributed by atoms with van der Waals surface area (Å²) in [6, 6.07) is -1.80. The number of esters is 2. The van der Waals surface area contributed by atoms with Crippen LogP contribution in [0, 0.1) is 0 Å². The summed E-state index contributed by atoms with van der Waals surface area (Å²) in [6.07, 6.45) is 34.8. The average molecular weight is 1610 g/mol. The topological polar surface area (TPSA) is 491 Å². The van der Waals surface area contributed by atoms with Gasteiger partial charge in [0, 0.05) is 43.0 Å². The number of carbonyl (C=O) groups is 9. The maximum atomic E-state index is 14.6. The Hall–Kier alpha value is -7.45. The fourth-order valence-electron chi connectivity index (χ4n) is 13.0. The third-order valence-electron chi connectivity index (χ3n) is 20.0. The highest BCUT2D eigenvalue weighted by atomic mass is 32.2. The largest absolute Gasteiger partial charge is 0.480 e. The highest BCUT2D eigenvalue weighted by molar-refractivity contribution is 7.99. The zero-order chi connectivity index (χ0) is 82.6. The number of anilines is 2. The number of unbranched alkanes of at least 4 members (excludes halogenated alkanes) is 29. The molecule has 3 aromatic rings. The third kappa shape index (κ3) is 44.3. The average Bonchev–Trinajstić information content (AvgIpc) is 1.64. The number of imidazole rings is 1. The number of benzene rings is 1. The highest BCUT2D eigenvalue weighted by Gasteiger charge is 2.33. The SMILES string of the molecule is CCCCCCCCCCCCCCCC(=O)OCC(CSCC(N)C(=O)NC(CO)C(=O)NC(CCCCN)C(=O)NC(CCCCNC(=O)c1ccc(Cn2c(O)nc3c(N)nc(NCCCC)nc32)cc1)C(=O)NC(CCCCN)C(=O)NC(CCCCN)C(=O)O)OC(=O)CCCCCCCCCCCCCCC. The van der Waals surface area contributed by atoms with Crippen molar-refractivity contribution >= 4 is 88.0 Å². The van der Waals surface area contributed by atoms with E-state index in [9.17, 15) is 58.5 Å². The number of rotatable bonds is 71. The molecule has 20 N–H and O–H groups in total. The van der Waals surface area contributed by atoms with Gasteiger partial charge < -0.3 is 90.7 Å². The second-order valence-electron chi connectivity index (χ2n) is 29.9. The molecule has 0 fully saturated rings. The Bertz CT molecular complexity index is 3150. The van der Waals surface area contributed by atoms with Gasteiger partial charge in [-0.15, -0.1) is 0 Å². The van der Waals surface area contributed by atoms with Gasteiger partial charge in [-0.1, -0.05) is 193 Å². The molecule has 0 spiro atoms. The summed E-state index contributed by atoms with van der Waals surface area (Å²) >= 11 is 1.18. The zero-order valence-corrected chi connectivity index (χ0v) is 69.4. The molecular weight excluding hydrogens is 1470 g/mol. The van der Waals surface area contributed by atoms with Crippen LogP contribution in [-0.4, -0.2) is 188 Å². The molecule has 113 heavy (non-hydrogen) atoms. The molecular formula is C82H144N16O14S. The van der Waals surface area contributed by atoms with E-state index in [0.717, 1.165) is 51.4 Å². The van der Waals surface area contributed by atoms with E-state index in [1.54, 1.807) is 24.3 Å². The van der Waals surface area contributed by atoms with Crippen molar-refractivity contribution in [2.24, 2.45) is 22.9 Å². The quantitative estimate of drug-likeness (QED) is 0.0185. The molecule has 0 aliphatic carbocycles. The minimum Gasteiger partial charge on any atom is -0.480 e. The number of carboxylic acid groups (broad SMARTS) is 1. The van der Waals surface area contributed by atoms with E-state index in [1.807, 2.05) is 0 Å². The number of aliphatic carboxylic acids is 1. The number of aliphatic hydroxyl groups is 1. The summed E-state index contributed by atoms with van der Waals surface area (Å²) < 4.78 is 13.0. The minimum absolute atomic E-state index is 0.00610. The first kappa shape index (κ1) is 99.7. The van der Waals surface area contributed by atoms with Crippen LogP contribution in [0.4, 0.5) is 11.8 Å². The maximum Gasteiger partial charge on any atom is 0.326 e. The fraction of sp³-hybridized carbons (Fsp3) is 0.756.